The van der Waals surface area contributed by atoms with Crippen molar-refractivity contribution in [3.05, 3.63) is 89.2 Å². The number of hydrogen-bond acceptors (Lipinski definition) is 5. The molecule has 38 heavy (non-hydrogen) atoms. The molecule has 0 aliphatic heterocycles. The maximum absolute atomic E-state index is 13.8. The first-order valence-corrected chi connectivity index (χ1v) is 11.3. The van der Waals surface area contributed by atoms with Gasteiger partial charge in [0.15, 0.2) is 11.6 Å². The summed E-state index contributed by atoms with van der Waals surface area (Å²) >= 11 is 0. The van der Waals surface area contributed by atoms with Crippen molar-refractivity contribution in [2.75, 3.05) is 7.11 Å². The Bertz CT molecular complexity index is 1280. The predicted molar refractivity (Wildman–Crippen MR) is 138 cm³/mol. The summed E-state index contributed by atoms with van der Waals surface area (Å²) in [5.74, 6) is -0.368. The highest BCUT2D eigenvalue weighted by Crippen LogP contribution is 2.25. The molecule has 0 aliphatic rings. The summed E-state index contributed by atoms with van der Waals surface area (Å²) in [4.78, 5) is 12.4. The molecule has 4 N–H and O–H groups in total. The minimum Gasteiger partial charge on any atom is -0.494 e. The van der Waals surface area contributed by atoms with Gasteiger partial charge in [-0.3, -0.25) is 4.99 Å². The number of nitrogens with two attached hydrogens (primary N) is 1. The summed E-state index contributed by atoms with van der Waals surface area (Å²) < 4.78 is 59.2. The zero-order chi connectivity index (χ0) is 27.5. The van der Waals surface area contributed by atoms with E-state index in [1.165, 1.54) is 38.0 Å². The Balaban J connectivity index is 1.45. The van der Waals surface area contributed by atoms with Crippen molar-refractivity contribution < 1.29 is 27.0 Å². The zero-order valence-corrected chi connectivity index (χ0v) is 20.5. The second kappa shape index (κ2) is 13.2. The van der Waals surface area contributed by atoms with Crippen molar-refractivity contribution in [3.8, 4) is 11.5 Å². The van der Waals surface area contributed by atoms with Crippen LogP contribution in [0.1, 0.15) is 29.7 Å². The Hall–Kier alpha value is -4.45. The van der Waals surface area contributed by atoms with E-state index in [1.807, 2.05) is 19.1 Å². The average molecular weight is 531 g/mol. The molecule has 0 saturated carbocycles. The molecule has 0 heterocycles. The number of methoxy groups -OCH3 is 1. The van der Waals surface area contributed by atoms with Crippen LogP contribution in [0.3, 0.4) is 0 Å². The minimum absolute atomic E-state index is 0.184. The maximum Gasteiger partial charge on any atom is 0.573 e. The van der Waals surface area contributed by atoms with Gasteiger partial charge in [0.1, 0.15) is 17.9 Å². The van der Waals surface area contributed by atoms with E-state index in [0.29, 0.717) is 17.8 Å². The third-order valence-electron chi connectivity index (χ3n) is 5.14. The molecule has 0 bridgehead atoms. The van der Waals surface area contributed by atoms with Crippen LogP contribution in [0.4, 0.5) is 23.2 Å². The number of hydrogen-bond donors (Lipinski definition) is 3. The fourth-order valence-corrected chi connectivity index (χ4v) is 3.14. The molecule has 0 radical (unpaired) electrons. The number of benzene rings is 3. The van der Waals surface area contributed by atoms with Gasteiger partial charge in [0.05, 0.1) is 25.2 Å². The van der Waals surface area contributed by atoms with Gasteiger partial charge in [0.25, 0.3) is 0 Å². The molecule has 8 nitrogen and oxygen atoms in total. The topological polar surface area (TPSA) is 106 Å². The molecule has 3 rings (SSSR count). The Kier molecular flexibility index (Phi) is 9.77. The SMILES string of the molecule is COc1ccc(C(C)N=CNNCc2ccc(C(N)=NC=Nc3ccc(OC(F)(F)F)cc3)cc2)cc1F. The lowest BCUT2D eigenvalue weighted by molar-refractivity contribution is -0.274. The van der Waals surface area contributed by atoms with E-state index in [1.54, 1.807) is 24.3 Å². The summed E-state index contributed by atoms with van der Waals surface area (Å²) in [6, 6.07) is 16.8. The summed E-state index contributed by atoms with van der Waals surface area (Å²) in [5, 5.41) is 0. The highest BCUT2D eigenvalue weighted by atomic mass is 19.4. The van der Waals surface area contributed by atoms with Crippen molar-refractivity contribution in [3.63, 3.8) is 0 Å². The van der Waals surface area contributed by atoms with Crippen LogP contribution in [-0.2, 0) is 6.54 Å². The van der Waals surface area contributed by atoms with Crippen molar-refractivity contribution in [1.82, 2.24) is 10.9 Å². The van der Waals surface area contributed by atoms with Crippen LogP contribution in [0.2, 0.25) is 0 Å². The molecule has 0 aromatic heterocycles. The van der Waals surface area contributed by atoms with Gasteiger partial charge >= 0.3 is 6.36 Å². The molecule has 1 unspecified atom stereocenters. The number of nitrogens with one attached hydrogen (secondary N) is 2. The summed E-state index contributed by atoms with van der Waals surface area (Å²) in [5.41, 5.74) is 14.6. The summed E-state index contributed by atoms with van der Waals surface area (Å²) in [6.07, 6.45) is -2.03. The third-order valence-corrected chi connectivity index (χ3v) is 5.14. The second-order valence-electron chi connectivity index (χ2n) is 7.84. The van der Waals surface area contributed by atoms with Gasteiger partial charge in [-0.2, -0.15) is 0 Å². The first kappa shape index (κ1) is 28.1. The van der Waals surface area contributed by atoms with Crippen molar-refractivity contribution in [1.29, 1.82) is 0 Å². The van der Waals surface area contributed by atoms with Crippen LogP contribution >= 0.6 is 0 Å². The number of halogens is 4. The standard InChI is InChI=1S/C26H26F4N6O2/c1-17(20-7-12-24(37-2)23(27)13-20)32-16-36-35-14-18-3-5-19(6-4-18)25(31)34-15-33-21-8-10-22(11-9-21)38-26(28,29)30/h3-13,15-17,35H,14H2,1-2H3,(H,32,36)(H2,31,33,34). The normalized spacial score (nSPS) is 13.2. The fourth-order valence-electron chi connectivity index (χ4n) is 3.14. The molecule has 1 atom stereocenters. The molecule has 200 valence electrons. The van der Waals surface area contributed by atoms with E-state index >= 15 is 0 Å². The summed E-state index contributed by atoms with van der Waals surface area (Å²) in [6.45, 7) is 2.34. The Morgan fingerprint density at radius 3 is 2.39 bits per heavy atom. The molecular weight excluding hydrogens is 504 g/mol. The van der Waals surface area contributed by atoms with E-state index in [4.69, 9.17) is 10.5 Å². The molecule has 0 amide bonds. The van der Waals surface area contributed by atoms with E-state index in [-0.39, 0.29) is 23.4 Å². The smallest absolute Gasteiger partial charge is 0.494 e. The molecule has 12 heteroatoms. The number of alkyl halides is 3. The average Bonchev–Trinajstić information content (AvgIpc) is 2.88. The van der Waals surface area contributed by atoms with E-state index in [9.17, 15) is 17.6 Å². The lowest BCUT2D eigenvalue weighted by Crippen LogP contribution is -2.29. The van der Waals surface area contributed by atoms with Gasteiger partial charge in [0.2, 0.25) is 0 Å². The fraction of sp³-hybridized carbons (Fsp3) is 0.192. The van der Waals surface area contributed by atoms with Gasteiger partial charge < -0.3 is 20.6 Å². The number of aliphatic imine (C=N–C) groups is 3. The lowest BCUT2D eigenvalue weighted by atomic mass is 10.1. The predicted octanol–water partition coefficient (Wildman–Crippen LogP) is 5.18. The maximum atomic E-state index is 13.8. The molecule has 0 saturated heterocycles. The van der Waals surface area contributed by atoms with Crippen LogP contribution in [0.15, 0.2) is 81.7 Å². The third kappa shape index (κ3) is 8.89. The lowest BCUT2D eigenvalue weighted by Gasteiger charge is -2.09. The van der Waals surface area contributed by atoms with Crippen molar-refractivity contribution in [2.45, 2.75) is 25.9 Å². The number of hydrazine groups is 1. The van der Waals surface area contributed by atoms with Crippen LogP contribution in [-0.4, -0.2) is 32.0 Å². The number of nitrogens with zero attached hydrogens (tertiary/aromatic N) is 3. The van der Waals surface area contributed by atoms with Crippen molar-refractivity contribution in [2.24, 2.45) is 20.7 Å². The van der Waals surface area contributed by atoms with Crippen LogP contribution in [0.5, 0.6) is 11.5 Å². The first-order chi connectivity index (χ1) is 18.1. The van der Waals surface area contributed by atoms with Gasteiger partial charge in [-0.15, -0.1) is 13.2 Å². The van der Waals surface area contributed by atoms with Gasteiger partial charge in [-0.05, 0) is 54.4 Å². The molecular formula is C26H26F4N6O2. The Morgan fingerprint density at radius 1 is 1.05 bits per heavy atom. The molecule has 0 fully saturated rings. The van der Waals surface area contributed by atoms with Crippen LogP contribution in [0, 0.1) is 5.82 Å². The van der Waals surface area contributed by atoms with E-state index in [0.717, 1.165) is 23.3 Å². The van der Waals surface area contributed by atoms with Gasteiger partial charge in [-0.25, -0.2) is 19.8 Å². The van der Waals surface area contributed by atoms with Gasteiger partial charge in [-0.1, -0.05) is 30.3 Å². The minimum atomic E-state index is -4.75. The summed E-state index contributed by atoms with van der Waals surface area (Å²) in [7, 11) is 1.41. The Morgan fingerprint density at radius 2 is 1.76 bits per heavy atom. The molecule has 3 aromatic rings. The highest BCUT2D eigenvalue weighted by molar-refractivity contribution is 6.01. The van der Waals surface area contributed by atoms with Crippen LogP contribution < -0.4 is 26.1 Å². The Labute approximate surface area is 216 Å². The van der Waals surface area contributed by atoms with Gasteiger partial charge in [0, 0.05) is 12.1 Å². The zero-order valence-electron chi connectivity index (χ0n) is 20.5. The molecule has 0 aliphatic carbocycles. The second-order valence-corrected chi connectivity index (χ2v) is 7.84. The van der Waals surface area contributed by atoms with E-state index < -0.39 is 12.2 Å². The molecule has 3 aromatic carbocycles. The molecule has 0 spiro atoms. The largest absolute Gasteiger partial charge is 0.573 e. The van der Waals surface area contributed by atoms with Crippen molar-refractivity contribution >= 4 is 24.2 Å². The van der Waals surface area contributed by atoms with E-state index in [2.05, 4.69) is 30.6 Å². The quantitative estimate of drug-likeness (QED) is 0.104. The number of rotatable bonds is 11. The highest BCUT2D eigenvalue weighted by Gasteiger charge is 2.30. The first-order valence-electron chi connectivity index (χ1n) is 11.3. The monoisotopic (exact) mass is 530 g/mol. The van der Waals surface area contributed by atoms with Crippen LogP contribution in [0.25, 0.3) is 0 Å². The number of amidine groups is 1. The number of ether oxygens (including phenoxy) is 2.